The zero-order valence-electron chi connectivity index (χ0n) is 11.5. The lowest BCUT2D eigenvalue weighted by Gasteiger charge is -2.25. The molecule has 1 heterocycles. The van der Waals surface area contributed by atoms with E-state index in [1.54, 1.807) is 4.90 Å². The minimum Gasteiger partial charge on any atom is -0.334 e. The van der Waals surface area contributed by atoms with E-state index >= 15 is 0 Å². The van der Waals surface area contributed by atoms with Crippen molar-refractivity contribution in [3.05, 3.63) is 35.4 Å². The molecule has 1 fully saturated rings. The smallest absolute Gasteiger partial charge is 0.171 e. The molecule has 0 bridgehead atoms. The second-order valence-corrected chi connectivity index (χ2v) is 5.65. The fourth-order valence-electron chi connectivity index (χ4n) is 2.78. The van der Waals surface area contributed by atoms with Gasteiger partial charge >= 0.3 is 0 Å². The van der Waals surface area contributed by atoms with Crippen molar-refractivity contribution in [2.45, 2.75) is 33.1 Å². The number of likely N-dealkylation sites (tertiary alicyclic amines) is 1. The number of carbonyl (C=O) groups excluding carboxylic acids is 1. The maximum Gasteiger partial charge on any atom is 0.171 e. The number of piperidine rings is 1. The monoisotopic (exact) mass is 246 g/mol. The van der Waals surface area contributed by atoms with E-state index in [4.69, 9.17) is 0 Å². The first-order chi connectivity index (χ1) is 8.66. The number of carbonyl (C=O) groups is 1. The first kappa shape index (κ1) is 13.3. The Hall–Kier alpha value is -1.15. The topological polar surface area (TPSA) is 21.5 Å². The normalized spacial score (nSPS) is 18.6. The molecular formula is C16H24NO+. The van der Waals surface area contributed by atoms with Crippen LogP contribution in [0.4, 0.5) is 0 Å². The van der Waals surface area contributed by atoms with Crippen LogP contribution in [0, 0.1) is 12.8 Å². The van der Waals surface area contributed by atoms with E-state index in [1.807, 2.05) is 24.3 Å². The van der Waals surface area contributed by atoms with Crippen molar-refractivity contribution >= 4 is 5.78 Å². The Morgan fingerprint density at radius 2 is 1.78 bits per heavy atom. The van der Waals surface area contributed by atoms with Crippen molar-refractivity contribution in [2.24, 2.45) is 5.92 Å². The van der Waals surface area contributed by atoms with Crippen molar-refractivity contribution in [1.29, 1.82) is 0 Å². The zero-order valence-corrected chi connectivity index (χ0v) is 11.5. The van der Waals surface area contributed by atoms with Gasteiger partial charge in [-0.05, 0) is 33.1 Å². The highest BCUT2D eigenvalue weighted by Crippen LogP contribution is 2.09. The van der Waals surface area contributed by atoms with Crippen LogP contribution < -0.4 is 4.90 Å². The van der Waals surface area contributed by atoms with E-state index in [-0.39, 0.29) is 5.92 Å². The van der Waals surface area contributed by atoms with Gasteiger partial charge in [0, 0.05) is 5.56 Å². The summed E-state index contributed by atoms with van der Waals surface area (Å²) < 4.78 is 0. The molecule has 1 aliphatic heterocycles. The van der Waals surface area contributed by atoms with Crippen molar-refractivity contribution in [3.8, 4) is 0 Å². The molecule has 0 aliphatic carbocycles. The highest BCUT2D eigenvalue weighted by Gasteiger charge is 2.22. The third-order valence-corrected chi connectivity index (χ3v) is 3.94. The molecule has 0 radical (unpaired) electrons. The molecule has 0 amide bonds. The standard InChI is InChI=1S/C16H23NO/c1-13-6-8-15(9-7-13)16(18)14(2)12-17-10-4-3-5-11-17/h6-9,14H,3-5,10-12H2,1-2H3/p+1. The number of quaternary nitrogens is 1. The lowest BCUT2D eigenvalue weighted by atomic mass is 9.97. The molecule has 1 N–H and O–H groups in total. The number of nitrogens with one attached hydrogen (secondary N) is 1. The summed E-state index contributed by atoms with van der Waals surface area (Å²) in [5.74, 6) is 0.439. The molecule has 1 unspecified atom stereocenters. The summed E-state index contributed by atoms with van der Waals surface area (Å²) in [6.07, 6.45) is 4.01. The van der Waals surface area contributed by atoms with Crippen LogP contribution in [0.1, 0.15) is 42.1 Å². The highest BCUT2D eigenvalue weighted by atomic mass is 16.1. The molecule has 98 valence electrons. The molecule has 1 aliphatic rings. The summed E-state index contributed by atoms with van der Waals surface area (Å²) >= 11 is 0. The van der Waals surface area contributed by atoms with Crippen molar-refractivity contribution < 1.29 is 9.69 Å². The lowest BCUT2D eigenvalue weighted by Crippen LogP contribution is -3.13. The summed E-state index contributed by atoms with van der Waals surface area (Å²) in [7, 11) is 0. The number of benzene rings is 1. The van der Waals surface area contributed by atoms with Crippen LogP contribution in [-0.2, 0) is 0 Å². The minimum atomic E-state index is 0.140. The summed E-state index contributed by atoms with van der Waals surface area (Å²) in [5.41, 5.74) is 2.07. The van der Waals surface area contributed by atoms with Gasteiger partial charge in [0.15, 0.2) is 5.78 Å². The number of hydrogen-bond donors (Lipinski definition) is 1. The number of aryl methyl sites for hydroxylation is 1. The average molecular weight is 246 g/mol. The van der Waals surface area contributed by atoms with Gasteiger partial charge in [-0.25, -0.2) is 0 Å². The first-order valence-electron chi connectivity index (χ1n) is 7.11. The Balaban J connectivity index is 1.93. The van der Waals surface area contributed by atoms with Gasteiger partial charge in [-0.2, -0.15) is 0 Å². The van der Waals surface area contributed by atoms with Crippen LogP contribution in [0.25, 0.3) is 0 Å². The first-order valence-corrected chi connectivity index (χ1v) is 7.11. The van der Waals surface area contributed by atoms with Gasteiger partial charge in [0.1, 0.15) is 0 Å². The summed E-state index contributed by atoms with van der Waals surface area (Å²) in [4.78, 5) is 13.9. The van der Waals surface area contributed by atoms with Crippen molar-refractivity contribution in [3.63, 3.8) is 0 Å². The molecule has 2 nitrogen and oxygen atoms in total. The van der Waals surface area contributed by atoms with E-state index in [9.17, 15) is 4.79 Å². The second-order valence-electron chi connectivity index (χ2n) is 5.65. The third-order valence-electron chi connectivity index (χ3n) is 3.94. The maximum atomic E-state index is 12.3. The average Bonchev–Trinajstić information content (AvgIpc) is 2.40. The molecule has 1 aromatic rings. The van der Waals surface area contributed by atoms with Gasteiger partial charge in [-0.1, -0.05) is 29.8 Å². The van der Waals surface area contributed by atoms with E-state index in [1.165, 1.54) is 37.9 Å². The molecule has 2 heteroatoms. The van der Waals surface area contributed by atoms with Gasteiger partial charge in [0.25, 0.3) is 0 Å². The largest absolute Gasteiger partial charge is 0.334 e. The molecule has 1 aromatic carbocycles. The van der Waals surface area contributed by atoms with E-state index < -0.39 is 0 Å². The highest BCUT2D eigenvalue weighted by molar-refractivity contribution is 5.97. The Bertz CT molecular complexity index is 390. The fourth-order valence-corrected chi connectivity index (χ4v) is 2.78. The Kier molecular flexibility index (Phi) is 4.54. The molecule has 0 saturated carbocycles. The van der Waals surface area contributed by atoms with Crippen molar-refractivity contribution in [1.82, 2.24) is 0 Å². The summed E-state index contributed by atoms with van der Waals surface area (Å²) in [5, 5.41) is 0. The summed E-state index contributed by atoms with van der Waals surface area (Å²) in [6, 6.07) is 7.96. The van der Waals surface area contributed by atoms with Crippen LogP contribution in [0.5, 0.6) is 0 Å². The molecule has 2 rings (SSSR count). The Morgan fingerprint density at radius 3 is 2.39 bits per heavy atom. The summed E-state index contributed by atoms with van der Waals surface area (Å²) in [6.45, 7) is 7.60. The molecule has 0 spiro atoms. The van der Waals surface area contributed by atoms with Crippen molar-refractivity contribution in [2.75, 3.05) is 19.6 Å². The number of Topliss-reactive ketones (excluding diaryl/α,β-unsaturated/α-hetero) is 1. The van der Waals surface area contributed by atoms with Gasteiger partial charge in [-0.3, -0.25) is 4.79 Å². The Morgan fingerprint density at radius 1 is 1.17 bits per heavy atom. The molecular weight excluding hydrogens is 222 g/mol. The van der Waals surface area contributed by atoms with Crippen LogP contribution in [0.15, 0.2) is 24.3 Å². The SMILES string of the molecule is Cc1ccc(C(=O)C(C)C[NH+]2CCCCC2)cc1. The maximum absolute atomic E-state index is 12.3. The zero-order chi connectivity index (χ0) is 13.0. The number of hydrogen-bond acceptors (Lipinski definition) is 1. The number of ketones is 1. The molecule has 18 heavy (non-hydrogen) atoms. The third kappa shape index (κ3) is 3.42. The predicted molar refractivity (Wildman–Crippen MR) is 74.1 cm³/mol. The van der Waals surface area contributed by atoms with E-state index in [2.05, 4.69) is 13.8 Å². The van der Waals surface area contributed by atoms with Crippen LogP contribution >= 0.6 is 0 Å². The van der Waals surface area contributed by atoms with Crippen LogP contribution in [-0.4, -0.2) is 25.4 Å². The minimum absolute atomic E-state index is 0.140. The fraction of sp³-hybridized carbons (Fsp3) is 0.562. The molecule has 1 atom stereocenters. The van der Waals surface area contributed by atoms with Crippen LogP contribution in [0.3, 0.4) is 0 Å². The van der Waals surface area contributed by atoms with Gasteiger partial charge < -0.3 is 4.90 Å². The van der Waals surface area contributed by atoms with Crippen LogP contribution in [0.2, 0.25) is 0 Å². The van der Waals surface area contributed by atoms with Gasteiger partial charge in [0.05, 0.1) is 25.6 Å². The van der Waals surface area contributed by atoms with Gasteiger partial charge in [0.2, 0.25) is 0 Å². The molecule has 0 aromatic heterocycles. The molecule has 1 saturated heterocycles. The van der Waals surface area contributed by atoms with E-state index in [0.29, 0.717) is 5.78 Å². The van der Waals surface area contributed by atoms with E-state index in [0.717, 1.165) is 12.1 Å². The quantitative estimate of drug-likeness (QED) is 0.805. The van der Waals surface area contributed by atoms with Gasteiger partial charge in [-0.15, -0.1) is 0 Å². The lowest BCUT2D eigenvalue weighted by molar-refractivity contribution is -0.906. The predicted octanol–water partition coefficient (Wildman–Crippen LogP) is 1.88. The second kappa shape index (κ2) is 6.14. The Labute approximate surface area is 110 Å². The number of rotatable bonds is 4.